The zero-order chi connectivity index (χ0) is 28.6. The van der Waals surface area contributed by atoms with Gasteiger partial charge in [0.15, 0.2) is 0 Å². The summed E-state index contributed by atoms with van der Waals surface area (Å²) in [6.07, 6.45) is 6.90. The molecule has 3 heterocycles. The van der Waals surface area contributed by atoms with Gasteiger partial charge in [-0.3, -0.25) is 0 Å². The van der Waals surface area contributed by atoms with E-state index in [2.05, 4.69) is 135 Å². The third kappa shape index (κ3) is 4.91. The highest BCUT2D eigenvalue weighted by molar-refractivity contribution is 5.83. The van der Waals surface area contributed by atoms with Crippen molar-refractivity contribution in [3.8, 4) is 0 Å². The molecule has 4 heteroatoms. The molecule has 0 bridgehead atoms. The average Bonchev–Trinajstić information content (AvgIpc) is 3.07. The molecule has 0 unspecified atom stereocenters. The third-order valence-corrected chi connectivity index (χ3v) is 9.33. The summed E-state index contributed by atoms with van der Waals surface area (Å²) in [5.74, 6) is 0. The van der Waals surface area contributed by atoms with Gasteiger partial charge in [-0.2, -0.15) is 0 Å². The first kappa shape index (κ1) is 26.0. The summed E-state index contributed by atoms with van der Waals surface area (Å²) in [7, 11) is 0. The van der Waals surface area contributed by atoms with Gasteiger partial charge in [0.25, 0.3) is 0 Å². The molecule has 4 nitrogen and oxygen atoms in total. The van der Waals surface area contributed by atoms with Crippen LogP contribution in [-0.4, -0.2) is 19.6 Å². The summed E-state index contributed by atoms with van der Waals surface area (Å²) in [5.41, 5.74) is 14.5. The van der Waals surface area contributed by atoms with Crippen molar-refractivity contribution in [1.82, 2.24) is 0 Å². The first-order valence-electron chi connectivity index (χ1n) is 15.9. The standard InChI is InChI=1S/C39H38N4/c1-2-16-31(17-3-1)40-32-26-33(41-23-9-14-29-12-4-6-19-36(29)41)28-34(27-32)42-24-11-18-35-38(42)21-8-22-39(35)43-25-10-15-30-13-5-7-20-37(30)43/h1-8,12-13,16-17,19-22,26-28,40H,9-11,14-15,18,23-25H2. The van der Waals surface area contributed by atoms with Gasteiger partial charge >= 0.3 is 0 Å². The van der Waals surface area contributed by atoms with Crippen LogP contribution < -0.4 is 20.0 Å². The molecule has 0 aliphatic carbocycles. The Labute approximate surface area is 255 Å². The van der Waals surface area contributed by atoms with Crippen LogP contribution in [0.3, 0.4) is 0 Å². The highest BCUT2D eigenvalue weighted by Gasteiger charge is 2.27. The van der Waals surface area contributed by atoms with Crippen LogP contribution in [0.2, 0.25) is 0 Å². The molecule has 0 radical (unpaired) electrons. The number of hydrogen-bond donors (Lipinski definition) is 1. The Morgan fingerprint density at radius 2 is 0.930 bits per heavy atom. The van der Waals surface area contributed by atoms with Crippen LogP contribution in [0, 0.1) is 0 Å². The van der Waals surface area contributed by atoms with Gasteiger partial charge in [0.05, 0.1) is 0 Å². The number of benzene rings is 5. The molecular formula is C39H38N4. The average molecular weight is 563 g/mol. The molecule has 0 atom stereocenters. The quantitative estimate of drug-likeness (QED) is 0.230. The fourth-order valence-corrected chi connectivity index (χ4v) is 7.38. The summed E-state index contributed by atoms with van der Waals surface area (Å²) in [5, 5.41) is 3.72. The number of hydrogen-bond acceptors (Lipinski definition) is 4. The van der Waals surface area contributed by atoms with Crippen molar-refractivity contribution < 1.29 is 0 Å². The minimum absolute atomic E-state index is 1.01. The van der Waals surface area contributed by atoms with E-state index >= 15 is 0 Å². The van der Waals surface area contributed by atoms with E-state index in [1.54, 1.807) is 0 Å². The van der Waals surface area contributed by atoms with E-state index in [-0.39, 0.29) is 0 Å². The number of aryl methyl sites for hydroxylation is 2. The van der Waals surface area contributed by atoms with E-state index in [0.717, 1.165) is 63.1 Å². The van der Waals surface area contributed by atoms with Crippen molar-refractivity contribution >= 4 is 45.5 Å². The molecule has 0 amide bonds. The molecule has 8 rings (SSSR count). The number of rotatable bonds is 5. The fraction of sp³-hybridized carbons (Fsp3) is 0.231. The molecule has 5 aromatic rings. The van der Waals surface area contributed by atoms with Crippen LogP contribution in [0.25, 0.3) is 0 Å². The normalized spacial score (nSPS) is 15.9. The monoisotopic (exact) mass is 562 g/mol. The predicted molar refractivity (Wildman–Crippen MR) is 181 cm³/mol. The first-order valence-corrected chi connectivity index (χ1v) is 15.9. The molecule has 5 aromatic carbocycles. The van der Waals surface area contributed by atoms with Crippen molar-refractivity contribution in [2.45, 2.75) is 38.5 Å². The fourth-order valence-electron chi connectivity index (χ4n) is 7.38. The summed E-state index contributed by atoms with van der Waals surface area (Å²) >= 11 is 0. The van der Waals surface area contributed by atoms with E-state index in [1.165, 1.54) is 57.2 Å². The lowest BCUT2D eigenvalue weighted by molar-refractivity contribution is 0.741. The maximum atomic E-state index is 3.72. The Balaban J connectivity index is 1.23. The predicted octanol–water partition coefficient (Wildman–Crippen LogP) is 9.68. The summed E-state index contributed by atoms with van der Waals surface area (Å²) in [4.78, 5) is 7.66. The van der Waals surface area contributed by atoms with Gasteiger partial charge in [-0.15, -0.1) is 0 Å². The number of para-hydroxylation sites is 3. The highest BCUT2D eigenvalue weighted by Crippen LogP contribution is 2.45. The molecule has 3 aliphatic rings. The van der Waals surface area contributed by atoms with Gasteiger partial charge < -0.3 is 20.0 Å². The Hall–Kier alpha value is -4.70. The van der Waals surface area contributed by atoms with E-state index in [4.69, 9.17) is 0 Å². The van der Waals surface area contributed by atoms with Gasteiger partial charge in [-0.1, -0.05) is 60.7 Å². The highest BCUT2D eigenvalue weighted by atomic mass is 15.2. The molecule has 0 aromatic heterocycles. The van der Waals surface area contributed by atoms with Crippen molar-refractivity contribution in [1.29, 1.82) is 0 Å². The van der Waals surface area contributed by atoms with E-state index in [1.807, 2.05) is 0 Å². The molecule has 1 N–H and O–H groups in total. The molecule has 43 heavy (non-hydrogen) atoms. The first-order chi connectivity index (χ1) is 21.3. The van der Waals surface area contributed by atoms with Crippen molar-refractivity contribution in [3.63, 3.8) is 0 Å². The third-order valence-electron chi connectivity index (χ3n) is 9.33. The second-order valence-electron chi connectivity index (χ2n) is 12.0. The van der Waals surface area contributed by atoms with Crippen LogP contribution in [-0.2, 0) is 19.3 Å². The lowest BCUT2D eigenvalue weighted by Crippen LogP contribution is -2.29. The summed E-state index contributed by atoms with van der Waals surface area (Å²) < 4.78 is 0. The second-order valence-corrected chi connectivity index (χ2v) is 12.0. The van der Waals surface area contributed by atoms with E-state index in [9.17, 15) is 0 Å². The molecule has 0 saturated heterocycles. The topological polar surface area (TPSA) is 21.8 Å². The lowest BCUT2D eigenvalue weighted by atomic mass is 9.95. The van der Waals surface area contributed by atoms with E-state index in [0.29, 0.717) is 0 Å². The van der Waals surface area contributed by atoms with Crippen molar-refractivity contribution in [2.24, 2.45) is 0 Å². The Bertz CT molecular complexity index is 1760. The number of fused-ring (bicyclic) bond motifs is 3. The zero-order valence-electron chi connectivity index (χ0n) is 24.7. The molecule has 3 aliphatic heterocycles. The maximum Gasteiger partial charge on any atom is 0.0464 e. The van der Waals surface area contributed by atoms with Gasteiger partial charge in [-0.25, -0.2) is 0 Å². The molecule has 0 spiro atoms. The summed E-state index contributed by atoms with van der Waals surface area (Å²) in [6.45, 7) is 3.11. The van der Waals surface area contributed by atoms with Crippen LogP contribution in [0.1, 0.15) is 36.0 Å². The minimum Gasteiger partial charge on any atom is -0.355 e. The van der Waals surface area contributed by atoms with Crippen LogP contribution >= 0.6 is 0 Å². The zero-order valence-corrected chi connectivity index (χ0v) is 24.7. The summed E-state index contributed by atoms with van der Waals surface area (Å²) in [6, 6.07) is 42.4. The van der Waals surface area contributed by atoms with Gasteiger partial charge in [0, 0.05) is 65.1 Å². The Morgan fingerprint density at radius 3 is 1.63 bits per heavy atom. The Morgan fingerprint density at radius 1 is 0.419 bits per heavy atom. The molecule has 214 valence electrons. The molecule has 0 saturated carbocycles. The van der Waals surface area contributed by atoms with Crippen LogP contribution in [0.15, 0.2) is 115 Å². The number of nitrogens with one attached hydrogen (secondary N) is 1. The lowest BCUT2D eigenvalue weighted by Gasteiger charge is -2.38. The maximum absolute atomic E-state index is 3.72. The minimum atomic E-state index is 1.01. The van der Waals surface area contributed by atoms with Gasteiger partial charge in [0.2, 0.25) is 0 Å². The van der Waals surface area contributed by atoms with Crippen LogP contribution in [0.4, 0.5) is 45.5 Å². The van der Waals surface area contributed by atoms with Crippen molar-refractivity contribution in [2.75, 3.05) is 39.7 Å². The Kier molecular flexibility index (Phi) is 6.75. The second kappa shape index (κ2) is 11.2. The SMILES string of the molecule is c1ccc(Nc2cc(N3CCCc4ccccc43)cc(N3CCCc4c3cccc4N3CCCc4ccccc43)c2)cc1. The molecule has 0 fully saturated rings. The van der Waals surface area contributed by atoms with Gasteiger partial charge in [-0.05, 0) is 110 Å². The van der Waals surface area contributed by atoms with E-state index < -0.39 is 0 Å². The number of nitrogens with zero attached hydrogens (tertiary/aromatic N) is 3. The molecular weight excluding hydrogens is 524 g/mol. The van der Waals surface area contributed by atoms with Gasteiger partial charge in [0.1, 0.15) is 0 Å². The van der Waals surface area contributed by atoms with Crippen LogP contribution in [0.5, 0.6) is 0 Å². The number of anilines is 8. The smallest absolute Gasteiger partial charge is 0.0464 e. The largest absolute Gasteiger partial charge is 0.355 e. The van der Waals surface area contributed by atoms with Crippen molar-refractivity contribution in [3.05, 3.63) is 132 Å².